The summed E-state index contributed by atoms with van der Waals surface area (Å²) in [6.07, 6.45) is 9.64. The maximum atomic E-state index is 4.69. The third-order valence-corrected chi connectivity index (χ3v) is 4.42. The van der Waals surface area contributed by atoms with E-state index in [-0.39, 0.29) is 4.75 Å². The lowest BCUT2D eigenvalue weighted by molar-refractivity contribution is 0.252. The Balaban J connectivity index is 3.58. The van der Waals surface area contributed by atoms with Crippen molar-refractivity contribution in [1.82, 2.24) is 0 Å². The minimum Gasteiger partial charge on any atom is -0.173 e. The molecule has 92 valence electrons. The highest BCUT2D eigenvalue weighted by molar-refractivity contribution is 7.81. The van der Waals surface area contributed by atoms with Crippen molar-refractivity contribution in [1.29, 1.82) is 0 Å². The minimum atomic E-state index is 0.135. The molecule has 0 aliphatic carbocycles. The van der Waals surface area contributed by atoms with Gasteiger partial charge in [-0.25, -0.2) is 0 Å². The van der Waals surface area contributed by atoms with E-state index in [1.807, 2.05) is 0 Å². The highest BCUT2D eigenvalue weighted by Crippen LogP contribution is 2.40. The normalized spacial score (nSPS) is 13.2. The van der Waals surface area contributed by atoms with Crippen LogP contribution in [0.1, 0.15) is 79.6 Å². The fourth-order valence-corrected chi connectivity index (χ4v) is 1.76. The van der Waals surface area contributed by atoms with Gasteiger partial charge >= 0.3 is 0 Å². The van der Waals surface area contributed by atoms with E-state index in [2.05, 4.69) is 34.6 Å². The predicted molar refractivity (Wildman–Crippen MR) is 74.8 cm³/mol. The van der Waals surface area contributed by atoms with Gasteiger partial charge in [0, 0.05) is 4.75 Å². The molecule has 0 aromatic carbocycles. The van der Waals surface area contributed by atoms with Crippen LogP contribution in [-0.4, -0.2) is 4.75 Å². The molecule has 0 aromatic heterocycles. The van der Waals surface area contributed by atoms with Crippen LogP contribution in [0.25, 0.3) is 0 Å². The Morgan fingerprint density at radius 1 is 0.800 bits per heavy atom. The second-order valence-corrected chi connectivity index (χ2v) is 7.08. The van der Waals surface area contributed by atoms with E-state index in [1.54, 1.807) is 0 Å². The number of rotatable bonds is 8. The van der Waals surface area contributed by atoms with Crippen LogP contribution in [0.15, 0.2) is 0 Å². The third kappa shape index (κ3) is 6.50. The molecule has 0 rings (SSSR count). The topological polar surface area (TPSA) is 0 Å². The Bertz CT molecular complexity index is 153. The summed E-state index contributed by atoms with van der Waals surface area (Å²) >= 11 is 4.69. The Labute approximate surface area is 103 Å². The summed E-state index contributed by atoms with van der Waals surface area (Å²) in [7, 11) is 0. The van der Waals surface area contributed by atoms with E-state index in [9.17, 15) is 0 Å². The van der Waals surface area contributed by atoms with Crippen molar-refractivity contribution < 1.29 is 0 Å². The van der Waals surface area contributed by atoms with Crippen LogP contribution < -0.4 is 0 Å². The van der Waals surface area contributed by atoms with E-state index in [1.165, 1.54) is 44.9 Å². The van der Waals surface area contributed by atoms with Gasteiger partial charge < -0.3 is 0 Å². The summed E-state index contributed by atoms with van der Waals surface area (Å²) in [4.78, 5) is 0. The van der Waals surface area contributed by atoms with Crippen LogP contribution in [-0.2, 0) is 0 Å². The van der Waals surface area contributed by atoms with E-state index in [0.29, 0.717) is 5.41 Å². The molecule has 0 aliphatic heterocycles. The molecule has 0 N–H and O–H groups in total. The van der Waals surface area contributed by atoms with Crippen LogP contribution in [0.2, 0.25) is 0 Å². The second-order valence-electron chi connectivity index (χ2n) is 5.96. The zero-order chi connectivity index (χ0) is 11.9. The first-order valence-corrected chi connectivity index (χ1v) is 6.98. The second kappa shape index (κ2) is 6.83. The smallest absolute Gasteiger partial charge is 0.0124 e. The Hall–Kier alpha value is 0.350. The van der Waals surface area contributed by atoms with Crippen LogP contribution in [0, 0.1) is 5.41 Å². The van der Waals surface area contributed by atoms with Crippen molar-refractivity contribution in [2.45, 2.75) is 84.3 Å². The molecule has 0 unspecified atom stereocenters. The third-order valence-electron chi connectivity index (χ3n) is 3.81. The number of hydrogen-bond donors (Lipinski definition) is 1. The van der Waals surface area contributed by atoms with Crippen molar-refractivity contribution >= 4 is 12.6 Å². The molecule has 0 saturated carbocycles. The lowest BCUT2D eigenvalue weighted by Crippen LogP contribution is -2.33. The SMILES string of the molecule is CCCCCCCCC(C)(C)C(C)(C)S. The molecular weight excluding hydrogens is 200 g/mol. The summed E-state index contributed by atoms with van der Waals surface area (Å²) < 4.78 is 0.135. The molecule has 0 nitrogen and oxygen atoms in total. The largest absolute Gasteiger partial charge is 0.173 e. The van der Waals surface area contributed by atoms with Gasteiger partial charge in [0.25, 0.3) is 0 Å². The van der Waals surface area contributed by atoms with Crippen molar-refractivity contribution in [3.05, 3.63) is 0 Å². The van der Waals surface area contributed by atoms with E-state index in [0.717, 1.165) is 0 Å². The highest BCUT2D eigenvalue weighted by Gasteiger charge is 2.32. The van der Waals surface area contributed by atoms with Crippen LogP contribution >= 0.6 is 12.6 Å². The van der Waals surface area contributed by atoms with Gasteiger partial charge in [0.15, 0.2) is 0 Å². The lowest BCUT2D eigenvalue weighted by atomic mass is 9.76. The van der Waals surface area contributed by atoms with Crippen molar-refractivity contribution in [3.63, 3.8) is 0 Å². The van der Waals surface area contributed by atoms with Crippen molar-refractivity contribution in [2.75, 3.05) is 0 Å². The Morgan fingerprint density at radius 3 is 1.73 bits per heavy atom. The first kappa shape index (κ1) is 15.3. The van der Waals surface area contributed by atoms with Crippen LogP contribution in [0.4, 0.5) is 0 Å². The van der Waals surface area contributed by atoms with Gasteiger partial charge in [-0.15, -0.1) is 0 Å². The predicted octanol–water partition coefficient (Wildman–Crippen LogP) is 5.47. The minimum absolute atomic E-state index is 0.135. The van der Waals surface area contributed by atoms with Gasteiger partial charge in [-0.1, -0.05) is 73.1 Å². The summed E-state index contributed by atoms with van der Waals surface area (Å²) in [5, 5.41) is 0. The summed E-state index contributed by atoms with van der Waals surface area (Å²) in [5.74, 6) is 0. The molecule has 0 bridgehead atoms. The molecule has 0 aliphatic rings. The van der Waals surface area contributed by atoms with Crippen molar-refractivity contribution in [3.8, 4) is 0 Å². The van der Waals surface area contributed by atoms with Gasteiger partial charge in [-0.2, -0.15) is 12.6 Å². The molecule has 0 saturated heterocycles. The Kier molecular flexibility index (Phi) is 6.99. The number of hydrogen-bond acceptors (Lipinski definition) is 1. The molecule has 0 aromatic rings. The zero-order valence-electron chi connectivity index (χ0n) is 11.4. The number of thiol groups is 1. The van der Waals surface area contributed by atoms with Gasteiger partial charge in [0.1, 0.15) is 0 Å². The first-order chi connectivity index (χ1) is 6.81. The molecular formula is C14H30S. The van der Waals surface area contributed by atoms with Gasteiger partial charge in [0.2, 0.25) is 0 Å². The van der Waals surface area contributed by atoms with E-state index in [4.69, 9.17) is 12.6 Å². The van der Waals surface area contributed by atoms with Crippen LogP contribution in [0.5, 0.6) is 0 Å². The molecule has 0 amide bonds. The monoisotopic (exact) mass is 230 g/mol. The summed E-state index contributed by atoms with van der Waals surface area (Å²) in [6.45, 7) is 11.4. The molecule has 1 heteroatoms. The molecule has 0 heterocycles. The quantitative estimate of drug-likeness (QED) is 0.415. The molecule has 0 atom stereocenters. The average Bonchev–Trinajstić information content (AvgIpc) is 2.09. The standard InChI is InChI=1S/C14H30S/c1-6-7-8-9-10-11-12-13(2,3)14(4,5)15/h15H,6-12H2,1-5H3. The maximum Gasteiger partial charge on any atom is 0.0124 e. The fraction of sp³-hybridized carbons (Fsp3) is 1.00. The fourth-order valence-electron chi connectivity index (χ4n) is 1.65. The maximum absolute atomic E-state index is 4.69. The van der Waals surface area contributed by atoms with Gasteiger partial charge in [-0.3, -0.25) is 0 Å². The molecule has 0 radical (unpaired) electrons. The lowest BCUT2D eigenvalue weighted by Gasteiger charge is -2.38. The van der Waals surface area contributed by atoms with Gasteiger partial charge in [-0.05, 0) is 11.8 Å². The first-order valence-electron chi connectivity index (χ1n) is 6.53. The molecule has 0 fully saturated rings. The number of unbranched alkanes of at least 4 members (excludes halogenated alkanes) is 5. The Morgan fingerprint density at radius 2 is 1.27 bits per heavy atom. The molecule has 15 heavy (non-hydrogen) atoms. The van der Waals surface area contributed by atoms with Gasteiger partial charge in [0.05, 0.1) is 0 Å². The summed E-state index contributed by atoms with van der Waals surface area (Å²) in [6, 6.07) is 0. The molecule has 0 spiro atoms. The highest BCUT2D eigenvalue weighted by atomic mass is 32.1. The summed E-state index contributed by atoms with van der Waals surface area (Å²) in [5.41, 5.74) is 0.348. The van der Waals surface area contributed by atoms with E-state index >= 15 is 0 Å². The zero-order valence-corrected chi connectivity index (χ0v) is 12.3. The average molecular weight is 230 g/mol. The van der Waals surface area contributed by atoms with Crippen molar-refractivity contribution in [2.24, 2.45) is 5.41 Å². The van der Waals surface area contributed by atoms with E-state index < -0.39 is 0 Å². The van der Waals surface area contributed by atoms with Crippen LogP contribution in [0.3, 0.4) is 0 Å².